The maximum Gasteiger partial charge on any atom is 0.197 e. The first-order valence-electron chi connectivity index (χ1n) is 6.32. The Balaban J connectivity index is 1.87. The molecule has 1 saturated heterocycles. The maximum atomic E-state index is 12.4. The molecule has 0 bridgehead atoms. The van der Waals surface area contributed by atoms with Gasteiger partial charge in [-0.3, -0.25) is 4.79 Å². The van der Waals surface area contributed by atoms with Crippen molar-refractivity contribution in [2.75, 3.05) is 6.61 Å². The molecule has 3 rings (SSSR count). The Hall–Kier alpha value is -0.890. The highest BCUT2D eigenvalue weighted by Gasteiger charge is 2.55. The van der Waals surface area contributed by atoms with Gasteiger partial charge in [0.1, 0.15) is 0 Å². The van der Waals surface area contributed by atoms with E-state index < -0.39 is 5.60 Å². The molecule has 2 aliphatic carbocycles. The molecule has 0 amide bonds. The lowest BCUT2D eigenvalue weighted by Gasteiger charge is -2.27. The number of hydrogen-bond donors (Lipinski definition) is 0. The third-order valence-corrected chi connectivity index (χ3v) is 4.26. The number of ether oxygens (including phenoxy) is 1. The third kappa shape index (κ3) is 1.40. The van der Waals surface area contributed by atoms with E-state index in [0.717, 1.165) is 11.1 Å². The summed E-state index contributed by atoms with van der Waals surface area (Å²) in [7, 11) is 0. The van der Waals surface area contributed by atoms with E-state index in [-0.39, 0.29) is 5.78 Å². The fraction of sp³-hybridized carbons (Fsp3) is 0.643. The van der Waals surface area contributed by atoms with Gasteiger partial charge in [-0.1, -0.05) is 31.4 Å². The second-order valence-electron chi connectivity index (χ2n) is 5.25. The first kappa shape index (κ1) is 10.3. The van der Waals surface area contributed by atoms with Crippen molar-refractivity contribution < 1.29 is 9.53 Å². The molecule has 0 radical (unpaired) electrons. The minimum Gasteiger partial charge on any atom is -0.356 e. The molecule has 86 valence electrons. The van der Waals surface area contributed by atoms with Crippen molar-refractivity contribution in [3.63, 3.8) is 0 Å². The summed E-state index contributed by atoms with van der Waals surface area (Å²) in [6.45, 7) is 2.59. The molecule has 0 aromatic carbocycles. The van der Waals surface area contributed by atoms with E-state index in [1.165, 1.54) is 32.1 Å². The lowest BCUT2D eigenvalue weighted by Crippen LogP contribution is -2.33. The van der Waals surface area contributed by atoms with Crippen LogP contribution in [0.4, 0.5) is 0 Å². The molecule has 0 N–H and O–H groups in total. The number of allylic oxidation sites excluding steroid dienone is 2. The van der Waals surface area contributed by atoms with Crippen LogP contribution in [0.25, 0.3) is 0 Å². The Labute approximate surface area is 96.4 Å². The quantitative estimate of drug-likeness (QED) is 0.633. The summed E-state index contributed by atoms with van der Waals surface area (Å²) in [6.07, 6.45) is 10.4. The summed E-state index contributed by atoms with van der Waals surface area (Å²) in [5.74, 6) is 0.742. The van der Waals surface area contributed by atoms with Crippen LogP contribution < -0.4 is 0 Å². The topological polar surface area (TPSA) is 29.6 Å². The Morgan fingerprint density at radius 2 is 1.94 bits per heavy atom. The van der Waals surface area contributed by atoms with Crippen molar-refractivity contribution in [3.05, 3.63) is 23.3 Å². The van der Waals surface area contributed by atoms with Crippen LogP contribution in [0.15, 0.2) is 23.3 Å². The largest absolute Gasteiger partial charge is 0.356 e. The summed E-state index contributed by atoms with van der Waals surface area (Å²) >= 11 is 0. The molecule has 0 aromatic rings. The first-order valence-corrected chi connectivity index (χ1v) is 6.32. The molecule has 1 aliphatic heterocycles. The van der Waals surface area contributed by atoms with Crippen molar-refractivity contribution >= 4 is 5.78 Å². The Morgan fingerprint density at radius 1 is 1.25 bits per heavy atom. The summed E-state index contributed by atoms with van der Waals surface area (Å²) in [4.78, 5) is 12.4. The number of epoxide rings is 1. The van der Waals surface area contributed by atoms with Gasteiger partial charge in [0.15, 0.2) is 11.4 Å². The van der Waals surface area contributed by atoms with E-state index in [1.807, 2.05) is 13.0 Å². The molecule has 1 unspecified atom stereocenters. The minimum absolute atomic E-state index is 0.249. The number of carbonyl (C=O) groups excluding carboxylic acids is 1. The van der Waals surface area contributed by atoms with Crippen molar-refractivity contribution in [1.82, 2.24) is 0 Å². The monoisotopic (exact) mass is 218 g/mol. The molecule has 1 atom stereocenters. The van der Waals surface area contributed by atoms with Crippen molar-refractivity contribution in [1.29, 1.82) is 0 Å². The Bertz CT molecular complexity index is 380. The van der Waals surface area contributed by atoms with E-state index in [1.54, 1.807) is 0 Å². The summed E-state index contributed by atoms with van der Waals surface area (Å²) in [6, 6.07) is 0. The summed E-state index contributed by atoms with van der Waals surface area (Å²) in [5, 5.41) is 0. The fourth-order valence-corrected chi connectivity index (χ4v) is 3.00. The average molecular weight is 218 g/mol. The van der Waals surface area contributed by atoms with Crippen LogP contribution in [0, 0.1) is 5.92 Å². The van der Waals surface area contributed by atoms with Crippen LogP contribution in [0.1, 0.15) is 39.0 Å². The van der Waals surface area contributed by atoms with Gasteiger partial charge in [0.2, 0.25) is 0 Å². The van der Waals surface area contributed by atoms with E-state index >= 15 is 0 Å². The normalized spacial score (nSPS) is 34.9. The molecule has 1 spiro atoms. The zero-order chi connectivity index (χ0) is 11.2. The lowest BCUT2D eigenvalue weighted by atomic mass is 9.76. The highest BCUT2D eigenvalue weighted by atomic mass is 16.6. The van der Waals surface area contributed by atoms with Gasteiger partial charge in [-0.15, -0.1) is 0 Å². The van der Waals surface area contributed by atoms with E-state index in [2.05, 4.69) is 6.08 Å². The second kappa shape index (κ2) is 3.56. The number of Topliss-reactive ketones (excluding diaryl/α,β-unsaturated/α-hetero) is 1. The van der Waals surface area contributed by atoms with Crippen molar-refractivity contribution in [2.45, 2.75) is 44.6 Å². The minimum atomic E-state index is -0.526. The van der Waals surface area contributed by atoms with Gasteiger partial charge in [0.05, 0.1) is 6.61 Å². The number of ketones is 1. The predicted octanol–water partition coefficient (Wildman–Crippen LogP) is 2.79. The van der Waals surface area contributed by atoms with Crippen molar-refractivity contribution in [2.24, 2.45) is 5.92 Å². The molecule has 2 heteroatoms. The van der Waals surface area contributed by atoms with Crippen LogP contribution in [-0.2, 0) is 9.53 Å². The molecular weight excluding hydrogens is 200 g/mol. The van der Waals surface area contributed by atoms with Crippen LogP contribution >= 0.6 is 0 Å². The zero-order valence-electron chi connectivity index (χ0n) is 9.79. The molecular formula is C14H18O2. The number of carbonyl (C=O) groups is 1. The molecule has 1 heterocycles. The zero-order valence-corrected chi connectivity index (χ0v) is 9.79. The lowest BCUT2D eigenvalue weighted by molar-refractivity contribution is -0.120. The van der Waals surface area contributed by atoms with Crippen molar-refractivity contribution in [3.8, 4) is 0 Å². The van der Waals surface area contributed by atoms with Crippen LogP contribution in [-0.4, -0.2) is 18.0 Å². The van der Waals surface area contributed by atoms with Gasteiger partial charge in [-0.2, -0.15) is 0 Å². The molecule has 0 aromatic heterocycles. The maximum absolute atomic E-state index is 12.4. The van der Waals surface area contributed by atoms with Gasteiger partial charge in [-0.05, 0) is 31.3 Å². The van der Waals surface area contributed by atoms with Gasteiger partial charge >= 0.3 is 0 Å². The fourth-order valence-electron chi connectivity index (χ4n) is 3.00. The third-order valence-electron chi connectivity index (χ3n) is 4.26. The number of rotatable bonds is 1. The molecule has 3 aliphatic rings. The number of hydrogen-bond acceptors (Lipinski definition) is 2. The average Bonchev–Trinajstić information content (AvgIpc) is 3.10. The SMILES string of the molecule is CC1=CC=C(C2CCCCC2)C(=O)C12CO2. The van der Waals surface area contributed by atoms with Crippen LogP contribution in [0.5, 0.6) is 0 Å². The standard InChI is InChI=1S/C14H18O2/c1-10-7-8-12(11-5-3-2-4-6-11)13(15)14(10)9-16-14/h7-8,11H,2-6,9H2,1H3. The molecule has 2 fully saturated rings. The second-order valence-corrected chi connectivity index (χ2v) is 5.25. The summed E-state index contributed by atoms with van der Waals surface area (Å²) in [5.41, 5.74) is 1.58. The van der Waals surface area contributed by atoms with E-state index in [4.69, 9.17) is 4.74 Å². The highest BCUT2D eigenvalue weighted by molar-refractivity contribution is 6.07. The van der Waals surface area contributed by atoms with Gasteiger partial charge in [0, 0.05) is 5.57 Å². The smallest absolute Gasteiger partial charge is 0.197 e. The van der Waals surface area contributed by atoms with E-state index in [0.29, 0.717) is 12.5 Å². The van der Waals surface area contributed by atoms with Gasteiger partial charge in [0.25, 0.3) is 0 Å². The van der Waals surface area contributed by atoms with E-state index in [9.17, 15) is 4.79 Å². The molecule has 1 saturated carbocycles. The molecule has 16 heavy (non-hydrogen) atoms. The van der Waals surface area contributed by atoms with Gasteiger partial charge in [-0.25, -0.2) is 0 Å². The Morgan fingerprint density at radius 3 is 2.56 bits per heavy atom. The summed E-state index contributed by atoms with van der Waals surface area (Å²) < 4.78 is 5.42. The van der Waals surface area contributed by atoms with Crippen LogP contribution in [0.2, 0.25) is 0 Å². The van der Waals surface area contributed by atoms with Crippen LogP contribution in [0.3, 0.4) is 0 Å². The first-order chi connectivity index (χ1) is 7.74. The predicted molar refractivity (Wildman–Crippen MR) is 62.1 cm³/mol. The molecule has 2 nitrogen and oxygen atoms in total. The van der Waals surface area contributed by atoms with Gasteiger partial charge < -0.3 is 4.74 Å². The Kier molecular flexibility index (Phi) is 2.28. The highest BCUT2D eigenvalue weighted by Crippen LogP contribution is 2.44.